The molecule has 2 amide bonds. The first-order chi connectivity index (χ1) is 15.9. The van der Waals surface area contributed by atoms with Crippen molar-refractivity contribution in [2.45, 2.75) is 71.3 Å². The number of hydrogen-bond acceptors (Lipinski definition) is 5. The molecule has 2 aromatic carbocycles. The Hall–Kier alpha value is -3.06. The summed E-state index contributed by atoms with van der Waals surface area (Å²) < 4.78 is 10.7. The molecule has 0 spiro atoms. The molecule has 0 aliphatic carbocycles. The van der Waals surface area contributed by atoms with Gasteiger partial charge in [-0.1, -0.05) is 24.3 Å². The minimum Gasteiger partial charge on any atom is -0.463 e. The third kappa shape index (κ3) is 7.76. The van der Waals surface area contributed by atoms with Crippen molar-refractivity contribution in [1.29, 1.82) is 0 Å². The second-order valence-corrected chi connectivity index (χ2v) is 10.2. The topological polar surface area (TPSA) is 88.1 Å². The zero-order valence-electron chi connectivity index (χ0n) is 20.8. The van der Waals surface area contributed by atoms with Gasteiger partial charge in [0.15, 0.2) is 0 Å². The van der Waals surface area contributed by atoms with E-state index in [1.807, 2.05) is 37.8 Å². The van der Waals surface area contributed by atoms with Crippen molar-refractivity contribution < 1.29 is 24.2 Å². The van der Waals surface area contributed by atoms with E-state index in [2.05, 4.69) is 17.4 Å². The number of aliphatic hydroxyl groups is 1. The highest BCUT2D eigenvalue weighted by Crippen LogP contribution is 2.29. The van der Waals surface area contributed by atoms with Gasteiger partial charge in [0.2, 0.25) is 5.79 Å². The van der Waals surface area contributed by atoms with Crippen molar-refractivity contribution in [3.05, 3.63) is 65.2 Å². The van der Waals surface area contributed by atoms with Crippen LogP contribution in [0.1, 0.15) is 74.9 Å². The average molecular weight is 469 g/mol. The molecule has 7 heteroatoms. The number of carbonyl (C=O) groups is 2. The third-order valence-corrected chi connectivity index (χ3v) is 5.51. The maximum atomic E-state index is 12.9. The Morgan fingerprint density at radius 3 is 2.26 bits per heavy atom. The number of benzene rings is 2. The summed E-state index contributed by atoms with van der Waals surface area (Å²) >= 11 is 0. The number of alkyl carbamates (subject to hydrolysis) is 1. The van der Waals surface area contributed by atoms with Gasteiger partial charge < -0.3 is 24.8 Å². The summed E-state index contributed by atoms with van der Waals surface area (Å²) in [7, 11) is 0. The monoisotopic (exact) mass is 468 g/mol. The van der Waals surface area contributed by atoms with Gasteiger partial charge in [-0.3, -0.25) is 4.79 Å². The van der Waals surface area contributed by atoms with Crippen LogP contribution in [0.4, 0.5) is 4.79 Å². The highest BCUT2D eigenvalue weighted by atomic mass is 16.6. The fraction of sp³-hybridized carbons (Fsp3) is 0.481. The first-order valence-corrected chi connectivity index (χ1v) is 11.8. The van der Waals surface area contributed by atoms with Crippen LogP contribution in [0.3, 0.4) is 0 Å². The number of ether oxygens (including phenoxy) is 2. The second-order valence-electron chi connectivity index (χ2n) is 10.2. The first kappa shape index (κ1) is 25.6. The molecule has 7 nitrogen and oxygen atoms in total. The summed E-state index contributed by atoms with van der Waals surface area (Å²) in [5.41, 5.74) is 2.33. The fourth-order valence-corrected chi connectivity index (χ4v) is 4.00. The molecular weight excluding hydrogens is 432 g/mol. The minimum absolute atomic E-state index is 0.00331. The van der Waals surface area contributed by atoms with Gasteiger partial charge in [-0.25, -0.2) is 4.79 Å². The molecule has 2 N–H and O–H groups in total. The van der Waals surface area contributed by atoms with Crippen LogP contribution < -0.4 is 10.1 Å². The Bertz CT molecular complexity index is 981. The number of rotatable bonds is 6. The van der Waals surface area contributed by atoms with E-state index in [0.717, 1.165) is 18.4 Å². The number of nitrogens with zero attached hydrogens (tertiary/aromatic N) is 1. The van der Waals surface area contributed by atoms with E-state index in [1.165, 1.54) is 5.56 Å². The Balaban J connectivity index is 1.53. The summed E-state index contributed by atoms with van der Waals surface area (Å²) in [5, 5.41) is 12.6. The highest BCUT2D eigenvalue weighted by molar-refractivity contribution is 5.94. The third-order valence-electron chi connectivity index (χ3n) is 5.51. The highest BCUT2D eigenvalue weighted by Gasteiger charge is 2.25. The largest absolute Gasteiger partial charge is 0.463 e. The van der Waals surface area contributed by atoms with Crippen molar-refractivity contribution in [3.63, 3.8) is 0 Å². The number of nitrogens with one attached hydrogen (secondary N) is 1. The van der Waals surface area contributed by atoms with E-state index in [0.29, 0.717) is 36.9 Å². The maximum Gasteiger partial charge on any atom is 0.407 e. The first-order valence-electron chi connectivity index (χ1n) is 11.8. The molecule has 1 heterocycles. The molecule has 0 atom stereocenters. The summed E-state index contributed by atoms with van der Waals surface area (Å²) in [6.07, 6.45) is 1.34. The van der Waals surface area contributed by atoms with Gasteiger partial charge in [-0.2, -0.15) is 0 Å². The molecule has 0 unspecified atom stereocenters. The second kappa shape index (κ2) is 10.5. The molecule has 184 valence electrons. The van der Waals surface area contributed by atoms with Crippen molar-refractivity contribution in [3.8, 4) is 5.75 Å². The predicted octanol–water partition coefficient (Wildman–Crippen LogP) is 4.84. The number of hydrogen-bond donors (Lipinski definition) is 2. The quantitative estimate of drug-likeness (QED) is 0.593. The smallest absolute Gasteiger partial charge is 0.407 e. The van der Waals surface area contributed by atoms with E-state index in [-0.39, 0.29) is 5.91 Å². The zero-order valence-corrected chi connectivity index (χ0v) is 20.8. The van der Waals surface area contributed by atoms with Gasteiger partial charge in [-0.15, -0.1) is 0 Å². The Morgan fingerprint density at radius 1 is 1.03 bits per heavy atom. The van der Waals surface area contributed by atoms with E-state index in [9.17, 15) is 14.7 Å². The van der Waals surface area contributed by atoms with Gasteiger partial charge in [0, 0.05) is 39.0 Å². The molecule has 0 aromatic heterocycles. The molecule has 1 aliphatic heterocycles. The summed E-state index contributed by atoms with van der Waals surface area (Å²) in [4.78, 5) is 26.7. The molecular formula is C27H36N2O5. The Kier molecular flexibility index (Phi) is 7.87. The number of likely N-dealkylation sites (tertiary alicyclic amines) is 1. The molecule has 2 aromatic rings. The van der Waals surface area contributed by atoms with Gasteiger partial charge in [0.05, 0.1) is 0 Å². The fourth-order valence-electron chi connectivity index (χ4n) is 4.00. The number of piperidine rings is 1. The molecule has 0 saturated carbocycles. The van der Waals surface area contributed by atoms with Crippen LogP contribution in [-0.4, -0.2) is 46.5 Å². The van der Waals surface area contributed by atoms with Crippen LogP contribution >= 0.6 is 0 Å². The van der Waals surface area contributed by atoms with Crippen molar-refractivity contribution in [2.24, 2.45) is 0 Å². The van der Waals surface area contributed by atoms with Crippen LogP contribution in [0.2, 0.25) is 0 Å². The van der Waals surface area contributed by atoms with Crippen molar-refractivity contribution in [1.82, 2.24) is 10.2 Å². The summed E-state index contributed by atoms with van der Waals surface area (Å²) in [6.45, 7) is 10.4. The number of carbonyl (C=O) groups excluding carboxylic acids is 2. The molecule has 3 rings (SSSR count). The Labute approximate surface area is 202 Å². The van der Waals surface area contributed by atoms with E-state index < -0.39 is 17.5 Å². The summed E-state index contributed by atoms with van der Waals surface area (Å²) in [5.74, 6) is -0.378. The molecule has 0 bridgehead atoms. The average Bonchev–Trinajstić information content (AvgIpc) is 2.76. The predicted molar refractivity (Wildman–Crippen MR) is 131 cm³/mol. The normalized spacial score (nSPS) is 15.1. The van der Waals surface area contributed by atoms with Gasteiger partial charge in [0.1, 0.15) is 11.4 Å². The van der Waals surface area contributed by atoms with E-state index in [4.69, 9.17) is 9.47 Å². The minimum atomic E-state index is -1.27. The maximum absolute atomic E-state index is 12.9. The van der Waals surface area contributed by atoms with Crippen molar-refractivity contribution >= 4 is 12.0 Å². The van der Waals surface area contributed by atoms with Crippen molar-refractivity contribution in [2.75, 3.05) is 13.1 Å². The molecule has 1 fully saturated rings. The lowest BCUT2D eigenvalue weighted by molar-refractivity contribution is -0.104. The molecule has 0 radical (unpaired) electrons. The SMILES string of the molecule is CC(C)(C)OC(=O)NCc1cccc(C2CCN(C(=O)c3ccc(OC(C)(C)O)cc3)CC2)c1. The van der Waals surface area contributed by atoms with Gasteiger partial charge in [-0.05, 0) is 74.9 Å². The standard InChI is InChI=1S/C27H36N2O5/c1-26(2,3)34-25(31)28-18-19-7-6-8-22(17-19)20-13-15-29(16-14-20)24(30)21-9-11-23(12-10-21)33-27(4,5)32/h6-12,17,20,32H,13-16,18H2,1-5H3,(H,28,31). The zero-order chi connectivity index (χ0) is 24.9. The molecule has 34 heavy (non-hydrogen) atoms. The van der Waals surface area contributed by atoms with E-state index >= 15 is 0 Å². The molecule has 1 saturated heterocycles. The lowest BCUT2D eigenvalue weighted by Crippen LogP contribution is -2.38. The summed E-state index contributed by atoms with van der Waals surface area (Å²) in [6, 6.07) is 15.1. The Morgan fingerprint density at radius 2 is 1.68 bits per heavy atom. The molecule has 1 aliphatic rings. The van der Waals surface area contributed by atoms with Crippen LogP contribution in [0, 0.1) is 0 Å². The van der Waals surface area contributed by atoms with Crippen LogP contribution in [0.25, 0.3) is 0 Å². The van der Waals surface area contributed by atoms with Gasteiger partial charge >= 0.3 is 6.09 Å². The van der Waals surface area contributed by atoms with E-state index in [1.54, 1.807) is 38.1 Å². The van der Waals surface area contributed by atoms with Crippen LogP contribution in [-0.2, 0) is 11.3 Å². The lowest BCUT2D eigenvalue weighted by Gasteiger charge is -2.32. The van der Waals surface area contributed by atoms with Crippen LogP contribution in [0.5, 0.6) is 5.75 Å². The number of amides is 2. The lowest BCUT2D eigenvalue weighted by atomic mass is 9.88. The van der Waals surface area contributed by atoms with Crippen LogP contribution in [0.15, 0.2) is 48.5 Å². The van der Waals surface area contributed by atoms with Gasteiger partial charge in [0.25, 0.3) is 5.91 Å².